The number of amides is 2. The van der Waals surface area contributed by atoms with Crippen molar-refractivity contribution in [2.24, 2.45) is 10.2 Å². The van der Waals surface area contributed by atoms with E-state index in [4.69, 9.17) is 11.6 Å². The Labute approximate surface area is 143 Å². The summed E-state index contributed by atoms with van der Waals surface area (Å²) in [6.07, 6.45) is 0. The van der Waals surface area contributed by atoms with Gasteiger partial charge in [0.15, 0.2) is 5.69 Å². The second-order valence-corrected chi connectivity index (χ2v) is 5.85. The van der Waals surface area contributed by atoms with E-state index in [-0.39, 0.29) is 11.6 Å². The third-order valence-corrected chi connectivity index (χ3v) is 3.90. The summed E-state index contributed by atoms with van der Waals surface area (Å²) in [5, 5.41) is 21.2. The predicted octanol–water partition coefficient (Wildman–Crippen LogP) is 5.46. The monoisotopic (exact) mass is 342 g/mol. The molecule has 0 saturated heterocycles. The number of benzene rings is 2. The Kier molecular flexibility index (Phi) is 4.22. The Hall–Kier alpha value is -2.86. The van der Waals surface area contributed by atoms with Crippen LogP contribution in [0.4, 0.5) is 16.2 Å². The van der Waals surface area contributed by atoms with Crippen LogP contribution in [0.1, 0.15) is 11.1 Å². The van der Waals surface area contributed by atoms with E-state index in [1.165, 1.54) is 0 Å². The highest BCUT2D eigenvalue weighted by atomic mass is 35.5. The van der Waals surface area contributed by atoms with E-state index in [0.717, 1.165) is 11.1 Å². The maximum Gasteiger partial charge on any atom is 0.364 e. The van der Waals surface area contributed by atoms with Crippen molar-refractivity contribution in [2.75, 3.05) is 5.32 Å². The van der Waals surface area contributed by atoms with Gasteiger partial charge < -0.3 is 15.4 Å². The summed E-state index contributed by atoms with van der Waals surface area (Å²) < 4.78 is 0. The first-order valence-electron chi connectivity index (χ1n) is 7.25. The lowest BCUT2D eigenvalue weighted by Crippen LogP contribution is -2.08. The van der Waals surface area contributed by atoms with Gasteiger partial charge in [-0.1, -0.05) is 34.9 Å². The molecule has 122 valence electrons. The van der Waals surface area contributed by atoms with E-state index in [1.54, 1.807) is 18.2 Å². The summed E-state index contributed by atoms with van der Waals surface area (Å²) in [4.78, 5) is 14.8. The highest BCUT2D eigenvalue weighted by molar-refractivity contribution is 6.31. The van der Waals surface area contributed by atoms with Gasteiger partial charge in [0.25, 0.3) is 0 Å². The van der Waals surface area contributed by atoms with Crippen molar-refractivity contribution in [3.8, 4) is 5.88 Å². The Bertz CT molecular complexity index is 942. The number of urea groups is 1. The van der Waals surface area contributed by atoms with Crippen molar-refractivity contribution >= 4 is 39.9 Å². The third-order valence-electron chi connectivity index (χ3n) is 3.67. The Balaban J connectivity index is 1.87. The molecule has 7 heteroatoms. The number of fused-ring (bicyclic) bond motifs is 1. The second kappa shape index (κ2) is 6.33. The quantitative estimate of drug-likeness (QED) is 0.540. The number of nitrogens with zero attached hydrogens (tertiary/aromatic N) is 2. The summed E-state index contributed by atoms with van der Waals surface area (Å²) in [5.74, 6) is -0.170. The zero-order valence-corrected chi connectivity index (χ0v) is 13.8. The van der Waals surface area contributed by atoms with Crippen molar-refractivity contribution in [3.63, 3.8) is 0 Å². The lowest BCUT2D eigenvalue weighted by Gasteiger charge is -2.08. The van der Waals surface area contributed by atoms with Crippen LogP contribution in [-0.4, -0.2) is 16.1 Å². The first-order valence-corrected chi connectivity index (χ1v) is 7.62. The first kappa shape index (κ1) is 16.0. The van der Waals surface area contributed by atoms with Crippen LogP contribution in [0, 0.1) is 13.8 Å². The van der Waals surface area contributed by atoms with Crippen molar-refractivity contribution in [1.29, 1.82) is 0 Å². The van der Waals surface area contributed by atoms with Gasteiger partial charge in [0.2, 0.25) is 5.88 Å². The molecule has 0 aliphatic rings. The van der Waals surface area contributed by atoms with Crippen LogP contribution in [0.5, 0.6) is 5.88 Å². The highest BCUT2D eigenvalue weighted by Gasteiger charge is 2.12. The number of aryl methyl sites for hydroxylation is 2. The Morgan fingerprint density at radius 1 is 1.21 bits per heavy atom. The molecule has 3 N–H and O–H groups in total. The number of H-pyrrole nitrogens is 1. The molecule has 0 bridgehead atoms. The molecule has 2 amide bonds. The van der Waals surface area contributed by atoms with E-state index in [1.807, 2.05) is 32.0 Å². The molecule has 6 nitrogen and oxygen atoms in total. The standard InChI is InChI=1S/C17H15ClN4O2/c1-9-4-3-5-10(2)14(9)20-17(24)22-21-15-12-8-11(18)6-7-13(12)19-16(15)23/h3-8,19,23H,1-2H3,(H,20,24). The molecule has 0 unspecified atom stereocenters. The van der Waals surface area contributed by atoms with Crippen LogP contribution in [0.2, 0.25) is 5.02 Å². The van der Waals surface area contributed by atoms with E-state index in [2.05, 4.69) is 20.5 Å². The van der Waals surface area contributed by atoms with Gasteiger partial charge in [0, 0.05) is 16.1 Å². The number of rotatable bonds is 2. The number of anilines is 1. The molecule has 3 rings (SSSR count). The predicted molar refractivity (Wildman–Crippen MR) is 94.4 cm³/mol. The first-order chi connectivity index (χ1) is 11.5. The molecule has 2 aromatic carbocycles. The maximum atomic E-state index is 12.0. The van der Waals surface area contributed by atoms with E-state index in [9.17, 15) is 9.90 Å². The molecule has 0 fully saturated rings. The van der Waals surface area contributed by atoms with Crippen LogP contribution in [0.15, 0.2) is 46.6 Å². The zero-order chi connectivity index (χ0) is 17.3. The molecule has 0 aliphatic heterocycles. The maximum absolute atomic E-state index is 12.0. The van der Waals surface area contributed by atoms with Gasteiger partial charge >= 0.3 is 6.03 Å². The SMILES string of the molecule is Cc1cccc(C)c1NC(=O)N=Nc1c(O)[nH]c2ccc(Cl)cc12. The largest absolute Gasteiger partial charge is 0.493 e. The molecule has 0 radical (unpaired) electrons. The smallest absolute Gasteiger partial charge is 0.364 e. The molecule has 1 aromatic heterocycles. The minimum atomic E-state index is -0.622. The number of hydrogen-bond acceptors (Lipinski definition) is 3. The van der Waals surface area contributed by atoms with Crippen LogP contribution in [0.3, 0.4) is 0 Å². The molecule has 24 heavy (non-hydrogen) atoms. The topological polar surface area (TPSA) is 89.8 Å². The summed E-state index contributed by atoms with van der Waals surface area (Å²) in [6.45, 7) is 3.79. The average molecular weight is 343 g/mol. The fourth-order valence-corrected chi connectivity index (χ4v) is 2.65. The second-order valence-electron chi connectivity index (χ2n) is 5.41. The summed E-state index contributed by atoms with van der Waals surface area (Å²) in [7, 11) is 0. The van der Waals surface area contributed by atoms with Crippen molar-refractivity contribution in [2.45, 2.75) is 13.8 Å². The van der Waals surface area contributed by atoms with Crippen LogP contribution in [-0.2, 0) is 0 Å². The molecule has 0 aliphatic carbocycles. The van der Waals surface area contributed by atoms with Gasteiger partial charge in [-0.3, -0.25) is 0 Å². The zero-order valence-electron chi connectivity index (χ0n) is 13.1. The number of hydrogen-bond donors (Lipinski definition) is 3. The molecule has 3 aromatic rings. The third kappa shape index (κ3) is 3.09. The summed E-state index contributed by atoms with van der Waals surface area (Å²) in [6, 6.07) is 10.1. The van der Waals surface area contributed by atoms with E-state index < -0.39 is 6.03 Å². The van der Waals surface area contributed by atoms with E-state index >= 15 is 0 Å². The number of azo groups is 1. The van der Waals surface area contributed by atoms with Crippen molar-refractivity contribution in [1.82, 2.24) is 4.98 Å². The molecular weight excluding hydrogens is 328 g/mol. The molecular formula is C17H15ClN4O2. The summed E-state index contributed by atoms with van der Waals surface area (Å²) in [5.41, 5.74) is 3.39. The number of nitrogens with one attached hydrogen (secondary N) is 2. The van der Waals surface area contributed by atoms with Gasteiger partial charge in [0.1, 0.15) is 0 Å². The van der Waals surface area contributed by atoms with Gasteiger partial charge in [-0.15, -0.1) is 5.11 Å². The fourth-order valence-electron chi connectivity index (χ4n) is 2.48. The fraction of sp³-hybridized carbons (Fsp3) is 0.118. The lowest BCUT2D eigenvalue weighted by atomic mass is 10.1. The number of para-hydroxylation sites is 1. The normalized spacial score (nSPS) is 11.3. The molecule has 0 spiro atoms. The molecule has 0 saturated carbocycles. The van der Waals surface area contributed by atoms with Gasteiger partial charge in [-0.2, -0.15) is 0 Å². The number of carbonyl (C=O) groups is 1. The van der Waals surface area contributed by atoms with Crippen LogP contribution >= 0.6 is 11.6 Å². The number of aromatic nitrogens is 1. The van der Waals surface area contributed by atoms with Crippen LogP contribution < -0.4 is 5.32 Å². The summed E-state index contributed by atoms with van der Waals surface area (Å²) >= 11 is 5.96. The number of aromatic hydroxyl groups is 1. The number of aromatic amines is 1. The average Bonchev–Trinajstić information content (AvgIpc) is 2.84. The molecule has 1 heterocycles. The van der Waals surface area contributed by atoms with Gasteiger partial charge in [-0.05, 0) is 43.2 Å². The number of carbonyl (C=O) groups excluding carboxylic acids is 1. The highest BCUT2D eigenvalue weighted by Crippen LogP contribution is 2.36. The lowest BCUT2D eigenvalue weighted by molar-refractivity contribution is 0.258. The Morgan fingerprint density at radius 3 is 2.62 bits per heavy atom. The van der Waals surface area contributed by atoms with Crippen LogP contribution in [0.25, 0.3) is 10.9 Å². The minimum Gasteiger partial charge on any atom is -0.493 e. The minimum absolute atomic E-state index is 0.170. The van der Waals surface area contributed by atoms with Gasteiger partial charge in [-0.25, -0.2) is 4.79 Å². The van der Waals surface area contributed by atoms with Crippen molar-refractivity contribution < 1.29 is 9.90 Å². The number of halogens is 1. The Morgan fingerprint density at radius 2 is 1.92 bits per heavy atom. The van der Waals surface area contributed by atoms with Gasteiger partial charge in [0.05, 0.1) is 5.52 Å². The van der Waals surface area contributed by atoms with Crippen molar-refractivity contribution in [3.05, 3.63) is 52.5 Å². The van der Waals surface area contributed by atoms with E-state index in [0.29, 0.717) is 21.6 Å². The molecule has 0 atom stereocenters.